The van der Waals surface area contributed by atoms with Crippen molar-refractivity contribution in [3.05, 3.63) is 70.0 Å². The fourth-order valence-corrected chi connectivity index (χ4v) is 1.70. The van der Waals surface area contributed by atoms with Crippen LogP contribution in [0.4, 0.5) is 4.39 Å². The van der Waals surface area contributed by atoms with Gasteiger partial charge in [0.05, 0.1) is 17.7 Å². The summed E-state index contributed by atoms with van der Waals surface area (Å²) in [6, 6.07) is 10.5. The molecule has 0 spiro atoms. The van der Waals surface area contributed by atoms with E-state index in [-0.39, 0.29) is 5.82 Å². The van der Waals surface area contributed by atoms with Crippen LogP contribution in [0, 0.1) is 17.7 Å². The van der Waals surface area contributed by atoms with Crippen molar-refractivity contribution < 1.29 is 13.9 Å². The molecule has 0 fully saturated rings. The lowest BCUT2D eigenvalue weighted by atomic mass is 10.1. The minimum Gasteiger partial charge on any atom is -0.465 e. The molecule has 0 unspecified atom stereocenters. The van der Waals surface area contributed by atoms with Crippen molar-refractivity contribution in [2.75, 3.05) is 7.11 Å². The molecule has 0 bridgehead atoms. The maximum Gasteiger partial charge on any atom is 0.337 e. The van der Waals surface area contributed by atoms with Gasteiger partial charge in [0.2, 0.25) is 0 Å². The summed E-state index contributed by atoms with van der Waals surface area (Å²) in [6.45, 7) is 0. The maximum atomic E-state index is 12.8. The van der Waals surface area contributed by atoms with Gasteiger partial charge in [0.1, 0.15) is 5.82 Å². The second-order valence-corrected chi connectivity index (χ2v) is 4.35. The summed E-state index contributed by atoms with van der Waals surface area (Å²) < 4.78 is 17.4. The molecule has 2 aromatic carbocycles. The van der Waals surface area contributed by atoms with E-state index in [0.29, 0.717) is 21.7 Å². The minimum absolute atomic E-state index is 0.318. The van der Waals surface area contributed by atoms with Crippen LogP contribution in [0.25, 0.3) is 0 Å². The molecule has 0 aromatic heterocycles. The van der Waals surface area contributed by atoms with Crippen molar-refractivity contribution in [3.8, 4) is 11.8 Å². The van der Waals surface area contributed by atoms with E-state index >= 15 is 0 Å². The molecule has 0 saturated carbocycles. The number of carbonyl (C=O) groups excluding carboxylic acids is 1. The monoisotopic (exact) mass is 288 g/mol. The summed E-state index contributed by atoms with van der Waals surface area (Å²) in [7, 11) is 1.31. The van der Waals surface area contributed by atoms with Gasteiger partial charge in [-0.25, -0.2) is 9.18 Å². The Labute approximate surface area is 121 Å². The van der Waals surface area contributed by atoms with Crippen molar-refractivity contribution in [3.63, 3.8) is 0 Å². The third-order valence-electron chi connectivity index (χ3n) is 2.57. The topological polar surface area (TPSA) is 26.3 Å². The molecule has 2 aromatic rings. The van der Waals surface area contributed by atoms with Crippen LogP contribution < -0.4 is 0 Å². The number of methoxy groups -OCH3 is 1. The summed E-state index contributed by atoms with van der Waals surface area (Å²) in [5.74, 6) is 4.95. The Kier molecular flexibility index (Phi) is 4.39. The lowest BCUT2D eigenvalue weighted by Crippen LogP contribution is -2.01. The van der Waals surface area contributed by atoms with E-state index in [1.165, 1.54) is 19.2 Å². The van der Waals surface area contributed by atoms with E-state index in [0.717, 1.165) is 0 Å². The number of esters is 1. The summed E-state index contributed by atoms with van der Waals surface area (Å²) in [5, 5.41) is 0.437. The van der Waals surface area contributed by atoms with Crippen LogP contribution in [0.5, 0.6) is 0 Å². The van der Waals surface area contributed by atoms with E-state index in [1.54, 1.807) is 30.3 Å². The molecule has 20 heavy (non-hydrogen) atoms. The quantitative estimate of drug-likeness (QED) is 0.591. The van der Waals surface area contributed by atoms with Crippen LogP contribution in [-0.4, -0.2) is 13.1 Å². The van der Waals surface area contributed by atoms with E-state index < -0.39 is 5.97 Å². The highest BCUT2D eigenvalue weighted by Gasteiger charge is 2.07. The van der Waals surface area contributed by atoms with Gasteiger partial charge < -0.3 is 4.74 Å². The van der Waals surface area contributed by atoms with Crippen molar-refractivity contribution in [2.24, 2.45) is 0 Å². The summed E-state index contributed by atoms with van der Waals surface area (Å²) in [4.78, 5) is 11.4. The molecule has 0 radical (unpaired) electrons. The fourth-order valence-electron chi connectivity index (χ4n) is 1.54. The molecule has 100 valence electrons. The van der Waals surface area contributed by atoms with Gasteiger partial charge in [-0.1, -0.05) is 23.4 Å². The minimum atomic E-state index is -0.452. The number of ether oxygens (including phenoxy) is 1. The van der Waals surface area contributed by atoms with Gasteiger partial charge in [0.15, 0.2) is 0 Å². The molecule has 0 N–H and O–H groups in total. The first kappa shape index (κ1) is 14.1. The molecule has 2 rings (SSSR count). The number of hydrogen-bond donors (Lipinski definition) is 0. The van der Waals surface area contributed by atoms with Gasteiger partial charge in [-0.3, -0.25) is 0 Å². The third-order valence-corrected chi connectivity index (χ3v) is 2.90. The van der Waals surface area contributed by atoms with Gasteiger partial charge in [-0.2, -0.15) is 0 Å². The number of benzene rings is 2. The normalized spacial score (nSPS) is 9.55. The standard InChI is InChI=1S/C16H10ClFO2/c1-20-16(19)13-6-9-15(17)12(10-13)5-2-11-3-7-14(18)8-4-11/h3-4,6-10H,1H3. The van der Waals surface area contributed by atoms with Crippen molar-refractivity contribution in [2.45, 2.75) is 0 Å². The Balaban J connectivity index is 2.34. The zero-order valence-corrected chi connectivity index (χ0v) is 11.4. The average Bonchev–Trinajstić information content (AvgIpc) is 2.47. The molecular weight excluding hydrogens is 279 g/mol. The van der Waals surface area contributed by atoms with Crippen molar-refractivity contribution in [1.82, 2.24) is 0 Å². The molecule has 0 saturated heterocycles. The first-order valence-corrected chi connectivity index (χ1v) is 6.13. The SMILES string of the molecule is COC(=O)c1ccc(Cl)c(C#Cc2ccc(F)cc2)c1. The van der Waals surface area contributed by atoms with Gasteiger partial charge in [-0.15, -0.1) is 0 Å². The molecular formula is C16H10ClFO2. The molecule has 0 aliphatic heterocycles. The number of halogens is 2. The highest BCUT2D eigenvalue weighted by atomic mass is 35.5. The zero-order chi connectivity index (χ0) is 14.5. The summed E-state index contributed by atoms with van der Waals surface area (Å²) in [5.41, 5.74) is 1.55. The Morgan fingerprint density at radius 3 is 2.50 bits per heavy atom. The predicted octanol–water partition coefficient (Wildman–Crippen LogP) is 3.67. The van der Waals surface area contributed by atoms with Crippen LogP contribution in [0.15, 0.2) is 42.5 Å². The van der Waals surface area contributed by atoms with E-state index in [9.17, 15) is 9.18 Å². The molecule has 4 heteroatoms. The Hall–Kier alpha value is -2.31. The van der Waals surface area contributed by atoms with Crippen LogP contribution in [-0.2, 0) is 4.74 Å². The first-order chi connectivity index (χ1) is 9.60. The summed E-state index contributed by atoms with van der Waals surface area (Å²) in [6.07, 6.45) is 0. The average molecular weight is 289 g/mol. The molecule has 0 heterocycles. The van der Waals surface area contributed by atoms with Crippen LogP contribution in [0.2, 0.25) is 5.02 Å². The number of carbonyl (C=O) groups is 1. The number of rotatable bonds is 1. The Morgan fingerprint density at radius 2 is 1.85 bits per heavy atom. The first-order valence-electron chi connectivity index (χ1n) is 5.75. The maximum absolute atomic E-state index is 12.8. The molecule has 2 nitrogen and oxygen atoms in total. The van der Waals surface area contributed by atoms with E-state index in [1.807, 2.05) is 0 Å². The molecule has 0 atom stereocenters. The highest BCUT2D eigenvalue weighted by molar-refractivity contribution is 6.31. The number of hydrogen-bond acceptors (Lipinski definition) is 2. The van der Waals surface area contributed by atoms with E-state index in [2.05, 4.69) is 16.6 Å². The predicted molar refractivity (Wildman–Crippen MR) is 75.2 cm³/mol. The summed E-state index contributed by atoms with van der Waals surface area (Å²) >= 11 is 6.02. The lowest BCUT2D eigenvalue weighted by molar-refractivity contribution is 0.0600. The highest BCUT2D eigenvalue weighted by Crippen LogP contribution is 2.17. The van der Waals surface area contributed by atoms with Crippen LogP contribution >= 0.6 is 11.6 Å². The van der Waals surface area contributed by atoms with Gasteiger partial charge in [-0.05, 0) is 42.5 Å². The van der Waals surface area contributed by atoms with Crippen molar-refractivity contribution >= 4 is 17.6 Å². The van der Waals surface area contributed by atoms with Crippen LogP contribution in [0.1, 0.15) is 21.5 Å². The largest absolute Gasteiger partial charge is 0.465 e. The second kappa shape index (κ2) is 6.23. The molecule has 0 amide bonds. The molecule has 0 aliphatic carbocycles. The van der Waals surface area contributed by atoms with E-state index in [4.69, 9.17) is 11.6 Å². The lowest BCUT2D eigenvalue weighted by Gasteiger charge is -2.01. The van der Waals surface area contributed by atoms with Gasteiger partial charge in [0, 0.05) is 11.1 Å². The Morgan fingerprint density at radius 1 is 1.15 bits per heavy atom. The zero-order valence-electron chi connectivity index (χ0n) is 10.6. The van der Waals surface area contributed by atoms with Gasteiger partial charge >= 0.3 is 5.97 Å². The fraction of sp³-hybridized carbons (Fsp3) is 0.0625. The Bertz CT molecular complexity index is 697. The molecule has 0 aliphatic rings. The van der Waals surface area contributed by atoms with Crippen molar-refractivity contribution in [1.29, 1.82) is 0 Å². The smallest absolute Gasteiger partial charge is 0.337 e. The second-order valence-electron chi connectivity index (χ2n) is 3.94. The van der Waals surface area contributed by atoms with Gasteiger partial charge in [0.25, 0.3) is 0 Å². The van der Waals surface area contributed by atoms with Crippen LogP contribution in [0.3, 0.4) is 0 Å². The third kappa shape index (κ3) is 3.37.